The molecule has 0 amide bonds. The molecule has 0 bridgehead atoms. The summed E-state index contributed by atoms with van der Waals surface area (Å²) in [6.45, 7) is 4.93. The molecule has 6 aromatic carbocycles. The molecular weight excluding hydrogens is 641 g/mol. The van der Waals surface area contributed by atoms with E-state index in [9.17, 15) is 0 Å². The van der Waals surface area contributed by atoms with Crippen molar-refractivity contribution < 1.29 is 0 Å². The van der Waals surface area contributed by atoms with E-state index in [1.165, 1.54) is 83.7 Å². The summed E-state index contributed by atoms with van der Waals surface area (Å²) in [5, 5.41) is 5.15. The van der Waals surface area contributed by atoms with Crippen molar-refractivity contribution in [2.45, 2.75) is 26.7 Å². The lowest BCUT2D eigenvalue weighted by Gasteiger charge is -2.36. The van der Waals surface area contributed by atoms with Crippen molar-refractivity contribution in [3.63, 3.8) is 0 Å². The second-order valence-corrected chi connectivity index (χ2v) is 15.7. The normalized spacial score (nSPS) is 19.0. The zero-order valence-electron chi connectivity index (χ0n) is 30.1. The van der Waals surface area contributed by atoms with Crippen LogP contribution in [0.4, 0.5) is 0 Å². The predicted octanol–water partition coefficient (Wildman–Crippen LogP) is 13.6. The van der Waals surface area contributed by atoms with Crippen molar-refractivity contribution in [2.75, 3.05) is 0 Å². The van der Waals surface area contributed by atoms with Gasteiger partial charge in [0.25, 0.3) is 0 Å². The standard InChI is InChI=1S/C51H40N2/c1-51(2)44-22-9-6-18-38(44)41-21-13-25-49(50(41)51)53-46-24-11-8-20-40(46)43-32-36(27-29-48(43)53)35-26-28-47-42(31-35)39-19-7-10-23-45(39)52(47)37-17-12-16-34(30-37)33-14-4-3-5-15-33/h3-5,7-17,19-32,41,50H,6,18H2,1-2H3. The van der Waals surface area contributed by atoms with E-state index in [2.05, 4.69) is 193 Å². The maximum Gasteiger partial charge on any atom is 0.0541 e. The summed E-state index contributed by atoms with van der Waals surface area (Å²) in [6.07, 6.45) is 14.3. The minimum atomic E-state index is 0.0581. The van der Waals surface area contributed by atoms with Crippen molar-refractivity contribution in [3.8, 4) is 27.9 Å². The number of allylic oxidation sites excluding steroid dienone is 8. The third kappa shape index (κ3) is 4.45. The molecule has 0 N–H and O–H groups in total. The summed E-state index contributed by atoms with van der Waals surface area (Å²) in [6, 6.07) is 51.6. The van der Waals surface area contributed by atoms with Crippen LogP contribution < -0.4 is 0 Å². The lowest BCUT2D eigenvalue weighted by molar-refractivity contribution is 0.324. The molecule has 3 aliphatic carbocycles. The van der Waals surface area contributed by atoms with Crippen LogP contribution in [0.25, 0.3) is 77.2 Å². The van der Waals surface area contributed by atoms with Gasteiger partial charge in [0.1, 0.15) is 0 Å². The fourth-order valence-corrected chi connectivity index (χ4v) is 10.2. The van der Waals surface area contributed by atoms with Crippen LogP contribution in [0.15, 0.2) is 181 Å². The van der Waals surface area contributed by atoms with Crippen molar-refractivity contribution in [1.29, 1.82) is 0 Å². The van der Waals surface area contributed by atoms with E-state index in [0.717, 1.165) is 6.42 Å². The van der Waals surface area contributed by atoms with E-state index in [0.29, 0.717) is 11.8 Å². The molecule has 3 aliphatic rings. The first-order valence-corrected chi connectivity index (χ1v) is 19.1. The molecule has 2 heterocycles. The highest BCUT2D eigenvalue weighted by Gasteiger charge is 2.49. The molecule has 0 spiro atoms. The van der Waals surface area contributed by atoms with E-state index in [-0.39, 0.29) is 5.41 Å². The van der Waals surface area contributed by atoms with Gasteiger partial charge in [0.2, 0.25) is 0 Å². The Morgan fingerprint density at radius 2 is 1.15 bits per heavy atom. The van der Waals surface area contributed by atoms with Gasteiger partial charge in [-0.1, -0.05) is 135 Å². The van der Waals surface area contributed by atoms with E-state index >= 15 is 0 Å². The van der Waals surface area contributed by atoms with Crippen molar-refractivity contribution in [3.05, 3.63) is 181 Å². The minimum absolute atomic E-state index is 0.0581. The van der Waals surface area contributed by atoms with E-state index in [1.807, 2.05) is 0 Å². The summed E-state index contributed by atoms with van der Waals surface area (Å²) < 4.78 is 5.00. The highest BCUT2D eigenvalue weighted by atomic mass is 15.0. The molecule has 0 saturated heterocycles. The third-order valence-corrected chi connectivity index (χ3v) is 12.5. The fourth-order valence-electron chi connectivity index (χ4n) is 10.2. The molecule has 2 aromatic heterocycles. The Hall–Kier alpha value is -6.12. The quantitative estimate of drug-likeness (QED) is 0.175. The lowest BCUT2D eigenvalue weighted by Crippen LogP contribution is -2.29. The van der Waals surface area contributed by atoms with Gasteiger partial charge in [0.05, 0.1) is 22.1 Å². The predicted molar refractivity (Wildman–Crippen MR) is 224 cm³/mol. The molecule has 2 atom stereocenters. The average Bonchev–Trinajstić information content (AvgIpc) is 3.81. The highest BCUT2D eigenvalue weighted by molar-refractivity contribution is 6.13. The van der Waals surface area contributed by atoms with E-state index < -0.39 is 0 Å². The average molecular weight is 681 g/mol. The number of rotatable bonds is 4. The van der Waals surface area contributed by atoms with Gasteiger partial charge in [0, 0.05) is 44.8 Å². The van der Waals surface area contributed by atoms with Gasteiger partial charge in [-0.25, -0.2) is 0 Å². The Morgan fingerprint density at radius 1 is 0.547 bits per heavy atom. The Morgan fingerprint density at radius 3 is 1.89 bits per heavy atom. The number of benzene rings is 6. The number of fused-ring (bicyclic) bond motifs is 8. The maximum absolute atomic E-state index is 2.58. The molecule has 254 valence electrons. The Bertz CT molecular complexity index is 2920. The van der Waals surface area contributed by atoms with Crippen LogP contribution in [0.1, 0.15) is 26.7 Å². The van der Waals surface area contributed by atoms with Gasteiger partial charge >= 0.3 is 0 Å². The molecule has 0 radical (unpaired) electrons. The SMILES string of the molecule is CC1(C)C2=C(CCC=C2)C2C=CC=C(n3c4ccccc4c4cc(-c5ccc6c(c5)c5ccccc5n6-c5cccc(-c6ccccc6)c5)ccc43)C21. The summed E-state index contributed by atoms with van der Waals surface area (Å²) in [7, 11) is 0. The molecule has 53 heavy (non-hydrogen) atoms. The minimum Gasteiger partial charge on any atom is -0.313 e. The van der Waals surface area contributed by atoms with Crippen LogP contribution in [-0.2, 0) is 0 Å². The molecular formula is C51H40N2. The first kappa shape index (κ1) is 30.5. The topological polar surface area (TPSA) is 9.86 Å². The molecule has 11 rings (SSSR count). The van der Waals surface area contributed by atoms with Crippen LogP contribution in [-0.4, -0.2) is 9.13 Å². The number of aromatic nitrogens is 2. The molecule has 2 heteroatoms. The Balaban J connectivity index is 1.05. The first-order chi connectivity index (χ1) is 26.1. The van der Waals surface area contributed by atoms with Gasteiger partial charge < -0.3 is 9.13 Å². The van der Waals surface area contributed by atoms with Crippen LogP contribution in [0.3, 0.4) is 0 Å². The summed E-state index contributed by atoms with van der Waals surface area (Å²) in [5.74, 6) is 0.849. The second-order valence-electron chi connectivity index (χ2n) is 15.7. The van der Waals surface area contributed by atoms with Gasteiger partial charge in [-0.3, -0.25) is 0 Å². The van der Waals surface area contributed by atoms with Crippen LogP contribution >= 0.6 is 0 Å². The molecule has 0 saturated carbocycles. The highest BCUT2D eigenvalue weighted by Crippen LogP contribution is 2.59. The smallest absolute Gasteiger partial charge is 0.0541 e. The van der Waals surface area contributed by atoms with Gasteiger partial charge in [-0.05, 0) is 101 Å². The largest absolute Gasteiger partial charge is 0.313 e. The number of para-hydroxylation sites is 2. The van der Waals surface area contributed by atoms with E-state index in [4.69, 9.17) is 0 Å². The van der Waals surface area contributed by atoms with Gasteiger partial charge in [-0.2, -0.15) is 0 Å². The third-order valence-electron chi connectivity index (χ3n) is 12.5. The first-order valence-electron chi connectivity index (χ1n) is 19.1. The Kier molecular flexibility index (Phi) is 6.58. The van der Waals surface area contributed by atoms with Gasteiger partial charge in [-0.15, -0.1) is 0 Å². The number of hydrogen-bond acceptors (Lipinski definition) is 0. The Labute approximate surface area is 310 Å². The summed E-state index contributed by atoms with van der Waals surface area (Å²) in [5.41, 5.74) is 15.8. The number of hydrogen-bond donors (Lipinski definition) is 0. The second kappa shape index (κ2) is 11.4. The summed E-state index contributed by atoms with van der Waals surface area (Å²) in [4.78, 5) is 0. The van der Waals surface area contributed by atoms with E-state index in [1.54, 1.807) is 11.1 Å². The molecule has 8 aromatic rings. The van der Waals surface area contributed by atoms with Crippen molar-refractivity contribution in [1.82, 2.24) is 9.13 Å². The molecule has 2 nitrogen and oxygen atoms in total. The maximum atomic E-state index is 2.58. The monoisotopic (exact) mass is 680 g/mol. The zero-order chi connectivity index (χ0) is 35.3. The lowest BCUT2D eigenvalue weighted by atomic mass is 9.71. The van der Waals surface area contributed by atoms with Crippen LogP contribution in [0.2, 0.25) is 0 Å². The van der Waals surface area contributed by atoms with Crippen LogP contribution in [0.5, 0.6) is 0 Å². The fraction of sp³-hybridized carbons (Fsp3) is 0.137. The van der Waals surface area contributed by atoms with Crippen LogP contribution in [0, 0.1) is 17.3 Å². The van der Waals surface area contributed by atoms with Gasteiger partial charge in [0.15, 0.2) is 0 Å². The number of nitrogens with zero attached hydrogens (tertiary/aromatic N) is 2. The molecule has 2 unspecified atom stereocenters. The summed E-state index contributed by atoms with van der Waals surface area (Å²) >= 11 is 0. The van der Waals surface area contributed by atoms with Crippen molar-refractivity contribution >= 4 is 49.3 Å². The van der Waals surface area contributed by atoms with Crippen molar-refractivity contribution in [2.24, 2.45) is 17.3 Å². The molecule has 0 fully saturated rings. The molecule has 0 aliphatic heterocycles. The zero-order valence-corrected chi connectivity index (χ0v) is 30.1.